The van der Waals surface area contributed by atoms with Crippen LogP contribution in [0.25, 0.3) is 6.08 Å². The predicted octanol–water partition coefficient (Wildman–Crippen LogP) is 3.12. The molecule has 0 bridgehead atoms. The van der Waals surface area contributed by atoms with Crippen molar-refractivity contribution >= 4 is 29.1 Å². The van der Waals surface area contributed by atoms with Crippen LogP contribution in [-0.4, -0.2) is 20.7 Å². The number of aromatic nitrogens is 3. The van der Waals surface area contributed by atoms with Crippen molar-refractivity contribution in [2.45, 2.75) is 27.2 Å². The molecule has 0 aliphatic heterocycles. The molecule has 2 aromatic rings. The van der Waals surface area contributed by atoms with E-state index in [1.807, 2.05) is 18.5 Å². The Balaban J connectivity index is 2.01. The molecule has 0 radical (unpaired) electrons. The quantitative estimate of drug-likeness (QED) is 0.883. The molecule has 0 saturated carbocycles. The Bertz CT molecular complexity index is 635. The lowest BCUT2D eigenvalue weighted by Gasteiger charge is -2.15. The van der Waals surface area contributed by atoms with Gasteiger partial charge < -0.3 is 5.32 Å². The van der Waals surface area contributed by atoms with E-state index in [-0.39, 0.29) is 11.3 Å². The molecular weight excluding hydrogens is 284 g/mol. The first-order valence-corrected chi connectivity index (χ1v) is 7.68. The zero-order valence-electron chi connectivity index (χ0n) is 12.8. The maximum atomic E-state index is 11.9. The van der Waals surface area contributed by atoms with E-state index in [4.69, 9.17) is 0 Å². The van der Waals surface area contributed by atoms with Gasteiger partial charge in [-0.15, -0.1) is 11.3 Å². The summed E-state index contributed by atoms with van der Waals surface area (Å²) < 4.78 is 1.69. The SMILES string of the molecule is Cn1nc(CC(C)(C)C)cc1NC(=O)/C=C\c1cscn1. The number of hydrogen-bond acceptors (Lipinski definition) is 4. The van der Waals surface area contributed by atoms with Gasteiger partial charge >= 0.3 is 0 Å². The van der Waals surface area contributed by atoms with Crippen LogP contribution in [0.3, 0.4) is 0 Å². The number of nitrogens with one attached hydrogen (secondary N) is 1. The van der Waals surface area contributed by atoms with Gasteiger partial charge in [0.15, 0.2) is 0 Å². The van der Waals surface area contributed by atoms with Gasteiger partial charge in [-0.2, -0.15) is 5.10 Å². The van der Waals surface area contributed by atoms with Gasteiger partial charge in [0.2, 0.25) is 5.91 Å². The highest BCUT2D eigenvalue weighted by atomic mass is 32.1. The van der Waals surface area contributed by atoms with Crippen LogP contribution in [0, 0.1) is 5.41 Å². The van der Waals surface area contributed by atoms with Gasteiger partial charge in [-0.3, -0.25) is 9.48 Å². The van der Waals surface area contributed by atoms with Crippen molar-refractivity contribution in [2.24, 2.45) is 12.5 Å². The van der Waals surface area contributed by atoms with Crippen LogP contribution in [0.4, 0.5) is 5.82 Å². The molecule has 112 valence electrons. The third-order valence-electron chi connectivity index (χ3n) is 2.75. The molecule has 5 nitrogen and oxygen atoms in total. The molecule has 0 spiro atoms. The monoisotopic (exact) mass is 304 g/mol. The maximum absolute atomic E-state index is 11.9. The van der Waals surface area contributed by atoms with Crippen molar-refractivity contribution in [2.75, 3.05) is 5.32 Å². The number of aryl methyl sites for hydroxylation is 1. The number of carbonyl (C=O) groups is 1. The highest BCUT2D eigenvalue weighted by molar-refractivity contribution is 7.07. The topological polar surface area (TPSA) is 59.8 Å². The summed E-state index contributed by atoms with van der Waals surface area (Å²) in [6, 6.07) is 1.92. The van der Waals surface area contributed by atoms with Crippen molar-refractivity contribution in [3.05, 3.63) is 34.4 Å². The Morgan fingerprint density at radius 2 is 2.24 bits per heavy atom. The summed E-state index contributed by atoms with van der Waals surface area (Å²) in [7, 11) is 1.83. The molecular formula is C15H20N4OS. The highest BCUT2D eigenvalue weighted by Gasteiger charge is 2.15. The standard InChI is InChI=1S/C15H20N4OS/c1-15(2,3)8-12-7-13(19(4)18-12)17-14(20)6-5-11-9-21-10-16-11/h5-7,9-10H,8H2,1-4H3,(H,17,20)/b6-5-. The number of amides is 1. The molecule has 2 rings (SSSR count). The van der Waals surface area contributed by atoms with E-state index in [9.17, 15) is 4.79 Å². The van der Waals surface area contributed by atoms with Gasteiger partial charge in [-0.1, -0.05) is 20.8 Å². The minimum absolute atomic E-state index is 0.167. The lowest BCUT2D eigenvalue weighted by Crippen LogP contribution is -2.11. The Morgan fingerprint density at radius 1 is 1.48 bits per heavy atom. The average molecular weight is 304 g/mol. The predicted molar refractivity (Wildman–Crippen MR) is 86.1 cm³/mol. The van der Waals surface area contributed by atoms with Crippen LogP contribution in [0.5, 0.6) is 0 Å². The van der Waals surface area contributed by atoms with E-state index < -0.39 is 0 Å². The minimum Gasteiger partial charge on any atom is -0.307 e. The van der Waals surface area contributed by atoms with Crippen LogP contribution < -0.4 is 5.32 Å². The zero-order valence-corrected chi connectivity index (χ0v) is 13.6. The Labute approximate surface area is 128 Å². The summed E-state index contributed by atoms with van der Waals surface area (Å²) in [6.07, 6.45) is 4.04. The third kappa shape index (κ3) is 4.82. The molecule has 6 heteroatoms. The van der Waals surface area contributed by atoms with Crippen molar-refractivity contribution in [1.29, 1.82) is 0 Å². The second-order valence-electron chi connectivity index (χ2n) is 6.12. The van der Waals surface area contributed by atoms with Crippen molar-refractivity contribution < 1.29 is 4.79 Å². The second-order valence-corrected chi connectivity index (χ2v) is 6.84. The molecule has 0 aliphatic carbocycles. The largest absolute Gasteiger partial charge is 0.307 e. The van der Waals surface area contributed by atoms with E-state index in [0.29, 0.717) is 5.82 Å². The van der Waals surface area contributed by atoms with Crippen molar-refractivity contribution in [3.63, 3.8) is 0 Å². The number of carbonyl (C=O) groups excluding carboxylic acids is 1. The highest BCUT2D eigenvalue weighted by Crippen LogP contribution is 2.21. The molecule has 0 saturated heterocycles. The van der Waals surface area contributed by atoms with Crippen molar-refractivity contribution in [1.82, 2.24) is 14.8 Å². The second kappa shape index (κ2) is 6.22. The fourth-order valence-corrected chi connectivity index (χ4v) is 2.43. The summed E-state index contributed by atoms with van der Waals surface area (Å²) >= 11 is 1.50. The van der Waals surface area contributed by atoms with E-state index in [1.165, 1.54) is 17.4 Å². The lowest BCUT2D eigenvalue weighted by atomic mass is 9.91. The summed E-state index contributed by atoms with van der Waals surface area (Å²) in [5, 5.41) is 9.14. The number of nitrogens with zero attached hydrogens (tertiary/aromatic N) is 3. The number of hydrogen-bond donors (Lipinski definition) is 1. The zero-order chi connectivity index (χ0) is 15.5. The van der Waals surface area contributed by atoms with Crippen molar-refractivity contribution in [3.8, 4) is 0 Å². The molecule has 1 N–H and O–H groups in total. The number of anilines is 1. The molecule has 2 aromatic heterocycles. The Hall–Kier alpha value is -1.95. The number of rotatable bonds is 4. The molecule has 0 unspecified atom stereocenters. The molecule has 21 heavy (non-hydrogen) atoms. The Kier molecular flexibility index (Phi) is 4.57. The maximum Gasteiger partial charge on any atom is 0.249 e. The van der Waals surface area contributed by atoms with E-state index in [1.54, 1.807) is 16.3 Å². The first kappa shape index (κ1) is 15.4. The van der Waals surface area contributed by atoms with Crippen LogP contribution >= 0.6 is 11.3 Å². The molecule has 2 heterocycles. The van der Waals surface area contributed by atoms with E-state index in [2.05, 4.69) is 36.2 Å². The van der Waals surface area contributed by atoms with Crippen LogP contribution in [0.2, 0.25) is 0 Å². The van der Waals surface area contributed by atoms with Crippen LogP contribution in [-0.2, 0) is 18.3 Å². The summed E-state index contributed by atoms with van der Waals surface area (Å²) in [6.45, 7) is 6.49. The van der Waals surface area contributed by atoms with Gasteiger partial charge in [0.1, 0.15) is 5.82 Å². The normalized spacial score (nSPS) is 12.0. The van der Waals surface area contributed by atoms with Crippen LogP contribution in [0.15, 0.2) is 23.0 Å². The average Bonchev–Trinajstić information content (AvgIpc) is 2.96. The fourth-order valence-electron chi connectivity index (χ4n) is 1.91. The summed E-state index contributed by atoms with van der Waals surface area (Å²) in [5.74, 6) is 0.510. The number of thiazole rings is 1. The Morgan fingerprint density at radius 3 is 2.86 bits per heavy atom. The van der Waals surface area contributed by atoms with Gasteiger partial charge in [0, 0.05) is 24.6 Å². The molecule has 0 aromatic carbocycles. The molecule has 0 aliphatic rings. The lowest BCUT2D eigenvalue weighted by molar-refractivity contribution is -0.111. The smallest absolute Gasteiger partial charge is 0.249 e. The minimum atomic E-state index is -0.187. The third-order valence-corrected chi connectivity index (χ3v) is 3.35. The van der Waals surface area contributed by atoms with Gasteiger partial charge in [-0.25, -0.2) is 4.98 Å². The molecule has 0 atom stereocenters. The van der Waals surface area contributed by atoms with E-state index >= 15 is 0 Å². The first-order chi connectivity index (χ1) is 9.83. The van der Waals surface area contributed by atoms with Crippen LogP contribution in [0.1, 0.15) is 32.2 Å². The van der Waals surface area contributed by atoms with Gasteiger partial charge in [0.25, 0.3) is 0 Å². The van der Waals surface area contributed by atoms with Gasteiger partial charge in [0.05, 0.1) is 16.9 Å². The summed E-state index contributed by atoms with van der Waals surface area (Å²) in [5.41, 5.74) is 3.66. The fraction of sp³-hybridized carbons (Fsp3) is 0.400. The summed E-state index contributed by atoms with van der Waals surface area (Å²) in [4.78, 5) is 16.0. The van der Waals surface area contributed by atoms with Gasteiger partial charge in [-0.05, 0) is 17.9 Å². The molecule has 1 amide bonds. The van der Waals surface area contributed by atoms with E-state index in [0.717, 1.165) is 17.8 Å². The first-order valence-electron chi connectivity index (χ1n) is 6.74. The molecule has 0 fully saturated rings.